The molecule has 15 heavy (non-hydrogen) atoms. The molecular weight excluding hydrogens is 192 g/mol. The summed E-state index contributed by atoms with van der Waals surface area (Å²) in [4.78, 5) is 10.2. The van der Waals surface area contributed by atoms with Gasteiger partial charge in [-0.3, -0.25) is 0 Å². The molecule has 0 saturated carbocycles. The molecule has 0 spiro atoms. The molecule has 1 aliphatic heterocycles. The van der Waals surface area contributed by atoms with E-state index in [4.69, 9.17) is 4.74 Å². The van der Waals surface area contributed by atoms with Crippen LogP contribution in [-0.2, 0) is 0 Å². The van der Waals surface area contributed by atoms with Gasteiger partial charge >= 0.3 is 0 Å². The number of aromatic nitrogens is 2. The molecule has 82 valence electrons. The van der Waals surface area contributed by atoms with E-state index >= 15 is 0 Å². The number of rotatable bonds is 3. The van der Waals surface area contributed by atoms with Crippen LogP contribution in [-0.4, -0.2) is 43.3 Å². The van der Waals surface area contributed by atoms with Gasteiger partial charge < -0.3 is 15.0 Å². The predicted molar refractivity (Wildman–Crippen MR) is 58.3 cm³/mol. The topological polar surface area (TPSA) is 50.3 Å². The summed E-state index contributed by atoms with van der Waals surface area (Å²) < 4.78 is 5.73. The molecule has 1 saturated heterocycles. The third kappa shape index (κ3) is 2.56. The Bertz CT molecular complexity index is 323. The van der Waals surface area contributed by atoms with Crippen LogP contribution in [0.4, 0.5) is 5.82 Å². The second-order valence-electron chi connectivity index (χ2n) is 3.84. The highest BCUT2D eigenvalue weighted by Crippen LogP contribution is 2.16. The van der Waals surface area contributed by atoms with Crippen molar-refractivity contribution in [2.45, 2.75) is 12.5 Å². The standard InChI is InChI=1S/C10H16N4O/c1-14(2)9-5-10(13-7-12-9)15-8-3-4-11-6-8/h5,7-8,11H,3-4,6H2,1-2H3/t8-/m1/s1. The molecule has 1 aromatic rings. The summed E-state index contributed by atoms with van der Waals surface area (Å²) in [5.41, 5.74) is 0. The predicted octanol–water partition coefficient (Wildman–Crippen LogP) is 0.283. The van der Waals surface area contributed by atoms with Gasteiger partial charge in [-0.05, 0) is 13.0 Å². The highest BCUT2D eigenvalue weighted by molar-refractivity contribution is 5.38. The van der Waals surface area contributed by atoms with Gasteiger partial charge in [0.1, 0.15) is 18.2 Å². The average Bonchev–Trinajstić information content (AvgIpc) is 2.71. The Labute approximate surface area is 89.5 Å². The molecule has 0 radical (unpaired) electrons. The largest absolute Gasteiger partial charge is 0.473 e. The second kappa shape index (κ2) is 4.44. The van der Waals surface area contributed by atoms with Gasteiger partial charge in [-0.25, -0.2) is 9.97 Å². The molecule has 0 unspecified atom stereocenters. The van der Waals surface area contributed by atoms with Crippen LogP contribution in [0.3, 0.4) is 0 Å². The molecule has 2 rings (SSSR count). The lowest BCUT2D eigenvalue weighted by molar-refractivity contribution is 0.214. The van der Waals surface area contributed by atoms with Crippen molar-refractivity contribution in [3.05, 3.63) is 12.4 Å². The lowest BCUT2D eigenvalue weighted by Crippen LogP contribution is -2.20. The zero-order valence-electron chi connectivity index (χ0n) is 9.10. The Morgan fingerprint density at radius 1 is 1.47 bits per heavy atom. The fourth-order valence-corrected chi connectivity index (χ4v) is 1.54. The number of nitrogens with one attached hydrogen (secondary N) is 1. The number of anilines is 1. The zero-order chi connectivity index (χ0) is 10.7. The molecule has 2 heterocycles. The molecule has 1 aliphatic rings. The van der Waals surface area contributed by atoms with Crippen LogP contribution in [0.2, 0.25) is 0 Å². The fourth-order valence-electron chi connectivity index (χ4n) is 1.54. The van der Waals surface area contributed by atoms with Gasteiger partial charge in [0, 0.05) is 26.7 Å². The van der Waals surface area contributed by atoms with E-state index in [0.29, 0.717) is 5.88 Å². The van der Waals surface area contributed by atoms with Crippen LogP contribution in [0.25, 0.3) is 0 Å². The van der Waals surface area contributed by atoms with Gasteiger partial charge in [0.2, 0.25) is 5.88 Å². The van der Waals surface area contributed by atoms with E-state index in [1.807, 2.05) is 25.1 Å². The van der Waals surface area contributed by atoms with Crippen molar-refractivity contribution in [2.24, 2.45) is 0 Å². The van der Waals surface area contributed by atoms with Crippen LogP contribution in [0.15, 0.2) is 12.4 Å². The first kappa shape index (κ1) is 10.2. The zero-order valence-corrected chi connectivity index (χ0v) is 9.10. The van der Waals surface area contributed by atoms with E-state index in [9.17, 15) is 0 Å². The maximum atomic E-state index is 5.73. The SMILES string of the molecule is CN(C)c1cc(O[C@@H]2CCNC2)ncn1. The molecule has 5 nitrogen and oxygen atoms in total. The Morgan fingerprint density at radius 3 is 3.00 bits per heavy atom. The number of nitrogens with zero attached hydrogens (tertiary/aromatic N) is 3. The first-order valence-corrected chi connectivity index (χ1v) is 5.12. The van der Waals surface area contributed by atoms with Crippen molar-refractivity contribution in [1.82, 2.24) is 15.3 Å². The molecule has 1 aromatic heterocycles. The Balaban J connectivity index is 2.04. The maximum Gasteiger partial charge on any atom is 0.218 e. The van der Waals surface area contributed by atoms with Crippen LogP contribution < -0.4 is 15.0 Å². The van der Waals surface area contributed by atoms with Gasteiger partial charge in [-0.1, -0.05) is 0 Å². The number of hydrogen-bond acceptors (Lipinski definition) is 5. The first-order chi connectivity index (χ1) is 7.25. The minimum absolute atomic E-state index is 0.245. The summed E-state index contributed by atoms with van der Waals surface area (Å²) in [6.45, 7) is 1.93. The fraction of sp³-hybridized carbons (Fsp3) is 0.600. The normalized spacial score (nSPS) is 20.3. The highest BCUT2D eigenvalue weighted by Gasteiger charge is 2.16. The minimum Gasteiger partial charge on any atom is -0.473 e. The van der Waals surface area contributed by atoms with Crippen LogP contribution in [0, 0.1) is 0 Å². The lowest BCUT2D eigenvalue weighted by Gasteiger charge is -2.14. The summed E-state index contributed by atoms with van der Waals surface area (Å²) in [6, 6.07) is 1.86. The van der Waals surface area contributed by atoms with E-state index in [1.54, 1.807) is 0 Å². The molecule has 1 atom stereocenters. The molecule has 0 bridgehead atoms. The summed E-state index contributed by atoms with van der Waals surface area (Å²) in [5, 5.41) is 3.25. The average molecular weight is 208 g/mol. The van der Waals surface area contributed by atoms with Crippen molar-refractivity contribution >= 4 is 5.82 Å². The van der Waals surface area contributed by atoms with Crippen LogP contribution >= 0.6 is 0 Å². The van der Waals surface area contributed by atoms with Gasteiger partial charge in [0.05, 0.1) is 0 Å². The van der Waals surface area contributed by atoms with Gasteiger partial charge in [0.15, 0.2) is 0 Å². The van der Waals surface area contributed by atoms with Crippen molar-refractivity contribution in [2.75, 3.05) is 32.1 Å². The summed E-state index contributed by atoms with van der Waals surface area (Å²) in [5.74, 6) is 1.52. The lowest BCUT2D eigenvalue weighted by atomic mass is 10.3. The minimum atomic E-state index is 0.245. The molecule has 5 heteroatoms. The summed E-state index contributed by atoms with van der Waals surface area (Å²) >= 11 is 0. The number of hydrogen-bond donors (Lipinski definition) is 1. The molecule has 0 aromatic carbocycles. The van der Waals surface area contributed by atoms with Crippen molar-refractivity contribution in [3.8, 4) is 5.88 Å². The van der Waals surface area contributed by atoms with Crippen molar-refractivity contribution < 1.29 is 4.74 Å². The van der Waals surface area contributed by atoms with E-state index in [1.165, 1.54) is 6.33 Å². The van der Waals surface area contributed by atoms with E-state index in [2.05, 4.69) is 15.3 Å². The maximum absolute atomic E-state index is 5.73. The van der Waals surface area contributed by atoms with Crippen LogP contribution in [0.1, 0.15) is 6.42 Å². The molecule has 1 fully saturated rings. The van der Waals surface area contributed by atoms with Gasteiger partial charge in [0.25, 0.3) is 0 Å². The summed E-state index contributed by atoms with van der Waals surface area (Å²) in [7, 11) is 3.90. The quantitative estimate of drug-likeness (QED) is 0.773. The monoisotopic (exact) mass is 208 g/mol. The Morgan fingerprint density at radius 2 is 2.33 bits per heavy atom. The smallest absolute Gasteiger partial charge is 0.218 e. The summed E-state index contributed by atoms with van der Waals surface area (Å²) in [6.07, 6.45) is 2.82. The molecule has 0 amide bonds. The van der Waals surface area contributed by atoms with Crippen molar-refractivity contribution in [1.29, 1.82) is 0 Å². The second-order valence-corrected chi connectivity index (χ2v) is 3.84. The van der Waals surface area contributed by atoms with Crippen LogP contribution in [0.5, 0.6) is 5.88 Å². The van der Waals surface area contributed by atoms with Gasteiger partial charge in [-0.15, -0.1) is 0 Å². The van der Waals surface area contributed by atoms with Crippen molar-refractivity contribution in [3.63, 3.8) is 0 Å². The highest BCUT2D eigenvalue weighted by atomic mass is 16.5. The third-order valence-corrected chi connectivity index (χ3v) is 2.39. The van der Waals surface area contributed by atoms with E-state index in [-0.39, 0.29) is 6.10 Å². The van der Waals surface area contributed by atoms with E-state index in [0.717, 1.165) is 25.3 Å². The number of ether oxygens (including phenoxy) is 1. The van der Waals surface area contributed by atoms with E-state index < -0.39 is 0 Å². The molecule has 1 N–H and O–H groups in total. The Kier molecular flexibility index (Phi) is 3.01. The van der Waals surface area contributed by atoms with Gasteiger partial charge in [-0.2, -0.15) is 0 Å². The Hall–Kier alpha value is -1.36. The first-order valence-electron chi connectivity index (χ1n) is 5.12. The molecular formula is C10H16N4O. The third-order valence-electron chi connectivity index (χ3n) is 2.39. The molecule has 0 aliphatic carbocycles.